The lowest BCUT2D eigenvalue weighted by atomic mass is 9.97. The number of rotatable bonds is 1. The molecule has 0 aliphatic rings. The van der Waals surface area contributed by atoms with E-state index >= 15 is 0 Å². The van der Waals surface area contributed by atoms with Crippen molar-refractivity contribution in [3.05, 3.63) is 62.2 Å². The second-order valence-electron chi connectivity index (χ2n) is 5.13. The number of hydrogen-bond donors (Lipinski definition) is 2. The molecule has 0 aliphatic carbocycles. The van der Waals surface area contributed by atoms with Crippen LogP contribution < -0.4 is 5.56 Å². The summed E-state index contributed by atoms with van der Waals surface area (Å²) in [6, 6.07) is 10.3. The molecule has 4 rings (SSSR count). The van der Waals surface area contributed by atoms with Gasteiger partial charge in [-0.3, -0.25) is 4.79 Å². The normalized spacial score (nSPS) is 11.4. The van der Waals surface area contributed by atoms with Crippen LogP contribution in [0.3, 0.4) is 0 Å². The van der Waals surface area contributed by atoms with Crippen molar-refractivity contribution < 1.29 is 5.11 Å². The van der Waals surface area contributed by atoms with Gasteiger partial charge in [-0.05, 0) is 41.3 Å². The molecule has 0 spiro atoms. The lowest BCUT2D eigenvalue weighted by molar-refractivity contribution is 0.478. The molecule has 0 fully saturated rings. The van der Waals surface area contributed by atoms with Gasteiger partial charge in [0.15, 0.2) is 0 Å². The maximum atomic E-state index is 12.1. The van der Waals surface area contributed by atoms with Crippen LogP contribution in [-0.4, -0.2) is 10.1 Å². The molecule has 0 unspecified atom stereocenters. The molecule has 0 amide bonds. The van der Waals surface area contributed by atoms with Crippen molar-refractivity contribution in [2.24, 2.45) is 0 Å². The van der Waals surface area contributed by atoms with Gasteiger partial charge >= 0.3 is 0 Å². The molecule has 6 heteroatoms. The Kier molecular flexibility index (Phi) is 3.34. The van der Waals surface area contributed by atoms with E-state index in [1.165, 1.54) is 11.3 Å². The Morgan fingerprint density at radius 1 is 1.04 bits per heavy atom. The van der Waals surface area contributed by atoms with Crippen LogP contribution >= 0.6 is 34.5 Å². The number of aromatic amines is 1. The Morgan fingerprint density at radius 3 is 2.65 bits per heavy atom. The van der Waals surface area contributed by atoms with E-state index in [1.54, 1.807) is 30.3 Å². The molecule has 0 radical (unpaired) electrons. The summed E-state index contributed by atoms with van der Waals surface area (Å²) in [7, 11) is 0. The zero-order valence-electron chi connectivity index (χ0n) is 11.6. The van der Waals surface area contributed by atoms with Crippen molar-refractivity contribution >= 4 is 55.5 Å². The number of fused-ring (bicyclic) bond motifs is 3. The first-order chi connectivity index (χ1) is 11.1. The van der Waals surface area contributed by atoms with Gasteiger partial charge < -0.3 is 10.1 Å². The summed E-state index contributed by atoms with van der Waals surface area (Å²) in [5.41, 5.74) is 1.90. The van der Waals surface area contributed by atoms with Crippen LogP contribution in [0.5, 0.6) is 5.75 Å². The van der Waals surface area contributed by atoms with Crippen molar-refractivity contribution in [3.8, 4) is 16.9 Å². The molecule has 0 saturated carbocycles. The molecule has 0 aliphatic heterocycles. The van der Waals surface area contributed by atoms with Gasteiger partial charge in [0.25, 0.3) is 5.56 Å². The third kappa shape index (κ3) is 2.22. The van der Waals surface area contributed by atoms with Crippen molar-refractivity contribution in [2.45, 2.75) is 0 Å². The van der Waals surface area contributed by atoms with Gasteiger partial charge in [0.2, 0.25) is 0 Å². The number of aromatic hydroxyl groups is 1. The fourth-order valence-electron chi connectivity index (χ4n) is 2.78. The summed E-state index contributed by atoms with van der Waals surface area (Å²) in [6.45, 7) is 0. The maximum Gasteiger partial charge on any atom is 0.266 e. The Morgan fingerprint density at radius 2 is 1.87 bits per heavy atom. The van der Waals surface area contributed by atoms with E-state index in [9.17, 15) is 9.90 Å². The highest BCUT2D eigenvalue weighted by Gasteiger charge is 2.16. The first kappa shape index (κ1) is 14.6. The van der Waals surface area contributed by atoms with Crippen molar-refractivity contribution in [2.75, 3.05) is 0 Å². The molecule has 2 N–H and O–H groups in total. The summed E-state index contributed by atoms with van der Waals surface area (Å²) >= 11 is 13.5. The van der Waals surface area contributed by atoms with Gasteiger partial charge in [0, 0.05) is 21.9 Å². The van der Waals surface area contributed by atoms with Gasteiger partial charge in [0.1, 0.15) is 10.4 Å². The van der Waals surface area contributed by atoms with E-state index in [2.05, 4.69) is 4.98 Å². The number of nitrogens with one attached hydrogen (secondary N) is 1. The van der Waals surface area contributed by atoms with E-state index in [0.29, 0.717) is 25.8 Å². The molecule has 0 atom stereocenters. The predicted octanol–water partition coefficient (Wildman–Crippen LogP) is 5.42. The van der Waals surface area contributed by atoms with E-state index in [1.807, 2.05) is 11.4 Å². The van der Waals surface area contributed by atoms with Gasteiger partial charge in [-0.2, -0.15) is 0 Å². The van der Waals surface area contributed by atoms with Crippen LogP contribution in [0.4, 0.5) is 0 Å². The Labute approximate surface area is 144 Å². The highest BCUT2D eigenvalue weighted by Crippen LogP contribution is 2.41. The summed E-state index contributed by atoms with van der Waals surface area (Å²) < 4.78 is 0.629. The van der Waals surface area contributed by atoms with Crippen LogP contribution in [-0.2, 0) is 0 Å². The number of pyridine rings is 1. The summed E-state index contributed by atoms with van der Waals surface area (Å²) in [5.74, 6) is 0.121. The summed E-state index contributed by atoms with van der Waals surface area (Å²) in [6.07, 6.45) is 0. The van der Waals surface area contributed by atoms with Crippen LogP contribution in [0.2, 0.25) is 10.0 Å². The quantitative estimate of drug-likeness (QED) is 0.475. The number of phenolic OH excluding ortho intramolecular Hbond substituents is 1. The Hall–Kier alpha value is -2.01. The topological polar surface area (TPSA) is 53.1 Å². The molecule has 0 bridgehead atoms. The number of benzene rings is 2. The SMILES string of the molecule is O=c1[nH]c2ccc(O)c(-c3ccc(Cl)c(Cl)c3)c2c2ccsc12. The maximum absolute atomic E-state index is 12.1. The van der Waals surface area contributed by atoms with E-state index in [4.69, 9.17) is 23.2 Å². The average Bonchev–Trinajstić information content (AvgIpc) is 3.01. The zero-order valence-corrected chi connectivity index (χ0v) is 13.9. The van der Waals surface area contributed by atoms with Crippen molar-refractivity contribution in [1.29, 1.82) is 0 Å². The number of H-pyrrole nitrogens is 1. The number of phenols is 1. The van der Waals surface area contributed by atoms with Gasteiger partial charge in [-0.25, -0.2) is 0 Å². The minimum atomic E-state index is -0.131. The molecule has 23 heavy (non-hydrogen) atoms. The largest absolute Gasteiger partial charge is 0.507 e. The average molecular weight is 362 g/mol. The third-order valence-corrected chi connectivity index (χ3v) is 5.43. The number of thiophene rings is 1. The number of halogens is 2. The molecule has 114 valence electrons. The van der Waals surface area contributed by atoms with E-state index in [0.717, 1.165) is 16.3 Å². The van der Waals surface area contributed by atoms with Crippen LogP contribution in [0.25, 0.3) is 32.1 Å². The van der Waals surface area contributed by atoms with Gasteiger partial charge in [-0.15, -0.1) is 11.3 Å². The molecule has 2 aromatic heterocycles. The minimum Gasteiger partial charge on any atom is -0.507 e. The highest BCUT2D eigenvalue weighted by molar-refractivity contribution is 7.17. The molecule has 0 saturated heterocycles. The van der Waals surface area contributed by atoms with Crippen molar-refractivity contribution in [1.82, 2.24) is 4.98 Å². The minimum absolute atomic E-state index is 0.121. The lowest BCUT2D eigenvalue weighted by Gasteiger charge is -2.11. The fraction of sp³-hybridized carbons (Fsp3) is 0. The van der Waals surface area contributed by atoms with Gasteiger partial charge in [-0.1, -0.05) is 29.3 Å². The van der Waals surface area contributed by atoms with Crippen molar-refractivity contribution in [3.63, 3.8) is 0 Å². The first-order valence-electron chi connectivity index (χ1n) is 6.77. The molecular weight excluding hydrogens is 353 g/mol. The second-order valence-corrected chi connectivity index (χ2v) is 6.86. The fourth-order valence-corrected chi connectivity index (χ4v) is 3.87. The van der Waals surface area contributed by atoms with E-state index in [-0.39, 0.29) is 11.3 Å². The molecule has 2 aromatic carbocycles. The smallest absolute Gasteiger partial charge is 0.266 e. The van der Waals surface area contributed by atoms with Crippen LogP contribution in [0.1, 0.15) is 0 Å². The standard InChI is InChI=1S/C17H9Cl2NO2S/c18-10-2-1-8(7-11(10)19)14-13(21)4-3-12-15(14)9-5-6-23-16(9)17(22)20-12/h1-7,21H,(H,20,22). The molecule has 3 nitrogen and oxygen atoms in total. The van der Waals surface area contributed by atoms with Gasteiger partial charge in [0.05, 0.1) is 10.0 Å². The zero-order chi connectivity index (χ0) is 16.1. The second kappa shape index (κ2) is 5.27. The number of aromatic nitrogens is 1. The Balaban J connectivity index is 2.21. The lowest BCUT2D eigenvalue weighted by Crippen LogP contribution is -2.04. The molecule has 2 heterocycles. The predicted molar refractivity (Wildman–Crippen MR) is 97.1 cm³/mol. The molecule has 4 aromatic rings. The molecular formula is C17H9Cl2NO2S. The first-order valence-corrected chi connectivity index (χ1v) is 8.40. The Bertz CT molecular complexity index is 1130. The monoisotopic (exact) mass is 361 g/mol. The highest BCUT2D eigenvalue weighted by atomic mass is 35.5. The summed E-state index contributed by atoms with van der Waals surface area (Å²) in [5, 5.41) is 14.7. The van der Waals surface area contributed by atoms with Crippen LogP contribution in [0.15, 0.2) is 46.6 Å². The van der Waals surface area contributed by atoms with Crippen LogP contribution in [0, 0.1) is 0 Å². The van der Waals surface area contributed by atoms with E-state index < -0.39 is 0 Å². The summed E-state index contributed by atoms with van der Waals surface area (Å²) in [4.78, 5) is 15.0. The third-order valence-electron chi connectivity index (χ3n) is 3.78. The number of hydrogen-bond acceptors (Lipinski definition) is 3.